The predicted octanol–water partition coefficient (Wildman–Crippen LogP) is 2.56. The van der Waals surface area contributed by atoms with E-state index in [9.17, 15) is 13.6 Å². The number of aromatic nitrogens is 2. The number of hydrogen-bond acceptors (Lipinski definition) is 5. The van der Waals surface area contributed by atoms with E-state index in [1.54, 1.807) is 4.90 Å². The second-order valence-electron chi connectivity index (χ2n) is 6.33. The summed E-state index contributed by atoms with van der Waals surface area (Å²) in [6.07, 6.45) is 0. The highest BCUT2D eigenvalue weighted by Gasteiger charge is 2.25. The zero-order valence-corrected chi connectivity index (χ0v) is 15.5. The van der Waals surface area contributed by atoms with E-state index in [0.717, 1.165) is 36.9 Å². The Kier molecular flexibility index (Phi) is 5.83. The average Bonchev–Trinajstić information content (AvgIpc) is 2.69. The molecule has 1 fully saturated rings. The van der Waals surface area contributed by atoms with E-state index in [2.05, 4.69) is 28.9 Å². The summed E-state index contributed by atoms with van der Waals surface area (Å²) in [5, 5.41) is 8.59. The molecular weight excluding hydrogens is 352 g/mol. The fraction of sp³-hybridized carbons (Fsp3) is 0.421. The van der Waals surface area contributed by atoms with Crippen molar-refractivity contribution in [2.24, 2.45) is 0 Å². The van der Waals surface area contributed by atoms with Crippen LogP contribution >= 0.6 is 0 Å². The molecule has 2 heterocycles. The van der Waals surface area contributed by atoms with Crippen LogP contribution in [0.5, 0.6) is 0 Å². The molecule has 2 aromatic rings. The molecule has 0 unspecified atom stereocenters. The van der Waals surface area contributed by atoms with Gasteiger partial charge in [0.25, 0.3) is 5.91 Å². The molecule has 1 saturated heterocycles. The molecule has 144 valence electrons. The number of amides is 1. The molecule has 6 nitrogen and oxygen atoms in total. The number of carbonyl (C=O) groups is 1. The van der Waals surface area contributed by atoms with Gasteiger partial charge in [0.1, 0.15) is 11.6 Å². The van der Waals surface area contributed by atoms with Crippen LogP contribution in [0.2, 0.25) is 0 Å². The molecular formula is C19H23F2N5O. The molecule has 1 aromatic heterocycles. The SMILES string of the molecule is CCN(CC)c1ccc(N2CCN(C(=O)c3ccc(F)cc3F)CC2)nn1. The molecule has 0 atom stereocenters. The summed E-state index contributed by atoms with van der Waals surface area (Å²) in [4.78, 5) is 18.2. The zero-order valence-electron chi connectivity index (χ0n) is 15.5. The second-order valence-corrected chi connectivity index (χ2v) is 6.33. The minimum absolute atomic E-state index is 0.104. The normalized spacial score (nSPS) is 14.4. The van der Waals surface area contributed by atoms with Crippen molar-refractivity contribution in [3.8, 4) is 0 Å². The Bertz CT molecular complexity index is 787. The molecule has 0 radical (unpaired) electrons. The predicted molar refractivity (Wildman–Crippen MR) is 100 cm³/mol. The molecule has 1 aromatic carbocycles. The van der Waals surface area contributed by atoms with Crippen LogP contribution in [0.25, 0.3) is 0 Å². The Labute approximate surface area is 157 Å². The van der Waals surface area contributed by atoms with Crippen LogP contribution in [0.15, 0.2) is 30.3 Å². The Morgan fingerprint density at radius 3 is 2.30 bits per heavy atom. The summed E-state index contributed by atoms with van der Waals surface area (Å²) < 4.78 is 26.9. The van der Waals surface area contributed by atoms with Gasteiger partial charge in [-0.05, 0) is 38.1 Å². The standard InChI is InChI=1S/C19H23F2N5O/c1-3-24(4-2)17-7-8-18(23-22-17)25-9-11-26(12-10-25)19(27)15-6-5-14(20)13-16(15)21/h5-8,13H,3-4,9-12H2,1-2H3. The lowest BCUT2D eigenvalue weighted by Crippen LogP contribution is -2.49. The van der Waals surface area contributed by atoms with Crippen molar-refractivity contribution in [2.45, 2.75) is 13.8 Å². The third kappa shape index (κ3) is 4.15. The maximum absolute atomic E-state index is 13.8. The van der Waals surface area contributed by atoms with Gasteiger partial charge in [0.2, 0.25) is 0 Å². The number of rotatable bonds is 5. The van der Waals surface area contributed by atoms with Crippen molar-refractivity contribution in [3.05, 3.63) is 47.5 Å². The average molecular weight is 375 g/mol. The number of hydrogen-bond donors (Lipinski definition) is 0. The summed E-state index contributed by atoms with van der Waals surface area (Å²) in [6, 6.07) is 6.89. The second kappa shape index (κ2) is 8.28. The minimum Gasteiger partial charge on any atom is -0.356 e. The van der Waals surface area contributed by atoms with Crippen molar-refractivity contribution in [3.63, 3.8) is 0 Å². The highest BCUT2D eigenvalue weighted by Crippen LogP contribution is 2.18. The lowest BCUT2D eigenvalue weighted by atomic mass is 10.1. The van der Waals surface area contributed by atoms with Crippen LogP contribution in [0, 0.1) is 11.6 Å². The van der Waals surface area contributed by atoms with Crippen LogP contribution < -0.4 is 9.80 Å². The van der Waals surface area contributed by atoms with Gasteiger partial charge >= 0.3 is 0 Å². The highest BCUT2D eigenvalue weighted by molar-refractivity contribution is 5.94. The van der Waals surface area contributed by atoms with Crippen LogP contribution in [-0.2, 0) is 0 Å². The van der Waals surface area contributed by atoms with Gasteiger partial charge in [0.15, 0.2) is 11.6 Å². The third-order valence-electron chi connectivity index (χ3n) is 4.78. The first-order valence-electron chi connectivity index (χ1n) is 9.11. The lowest BCUT2D eigenvalue weighted by Gasteiger charge is -2.35. The summed E-state index contributed by atoms with van der Waals surface area (Å²) in [7, 11) is 0. The highest BCUT2D eigenvalue weighted by atomic mass is 19.1. The van der Waals surface area contributed by atoms with Gasteiger partial charge in [0.05, 0.1) is 5.56 Å². The van der Waals surface area contributed by atoms with Crippen molar-refractivity contribution >= 4 is 17.5 Å². The first-order valence-corrected chi connectivity index (χ1v) is 9.11. The van der Waals surface area contributed by atoms with Crippen molar-refractivity contribution in [2.75, 3.05) is 49.1 Å². The van der Waals surface area contributed by atoms with Gasteiger partial charge in [-0.3, -0.25) is 4.79 Å². The number of carbonyl (C=O) groups excluding carboxylic acids is 1. The molecule has 1 aliphatic heterocycles. The first kappa shape index (κ1) is 19.0. The van der Waals surface area contributed by atoms with E-state index < -0.39 is 17.5 Å². The lowest BCUT2D eigenvalue weighted by molar-refractivity contribution is 0.0741. The largest absolute Gasteiger partial charge is 0.356 e. The van der Waals surface area contributed by atoms with Crippen molar-refractivity contribution in [1.82, 2.24) is 15.1 Å². The smallest absolute Gasteiger partial charge is 0.256 e. The van der Waals surface area contributed by atoms with E-state index in [-0.39, 0.29) is 5.56 Å². The molecule has 0 spiro atoms. The quantitative estimate of drug-likeness (QED) is 0.804. The summed E-state index contributed by atoms with van der Waals surface area (Å²) in [5.74, 6) is -0.355. The van der Waals surface area contributed by atoms with Crippen molar-refractivity contribution < 1.29 is 13.6 Å². The van der Waals surface area contributed by atoms with E-state index >= 15 is 0 Å². The number of anilines is 2. The van der Waals surface area contributed by atoms with E-state index in [1.165, 1.54) is 6.07 Å². The summed E-state index contributed by atoms with van der Waals surface area (Å²) >= 11 is 0. The van der Waals surface area contributed by atoms with Crippen molar-refractivity contribution in [1.29, 1.82) is 0 Å². The minimum atomic E-state index is -0.833. The zero-order chi connectivity index (χ0) is 19.4. The molecule has 0 N–H and O–H groups in total. The number of halogens is 2. The Balaban J connectivity index is 1.62. The molecule has 0 aliphatic carbocycles. The molecule has 1 aliphatic rings. The van der Waals surface area contributed by atoms with Gasteiger partial charge in [-0.2, -0.15) is 0 Å². The van der Waals surface area contributed by atoms with Gasteiger partial charge in [-0.25, -0.2) is 8.78 Å². The third-order valence-corrected chi connectivity index (χ3v) is 4.78. The monoisotopic (exact) mass is 375 g/mol. The molecule has 0 saturated carbocycles. The van der Waals surface area contributed by atoms with Gasteiger partial charge < -0.3 is 14.7 Å². The molecule has 27 heavy (non-hydrogen) atoms. The Hall–Kier alpha value is -2.77. The van der Waals surface area contributed by atoms with Crippen LogP contribution in [0.4, 0.5) is 20.4 Å². The van der Waals surface area contributed by atoms with Crippen LogP contribution in [0.3, 0.4) is 0 Å². The summed E-state index contributed by atoms with van der Waals surface area (Å²) in [6.45, 7) is 7.90. The fourth-order valence-electron chi connectivity index (χ4n) is 3.18. The van der Waals surface area contributed by atoms with Gasteiger partial charge in [-0.1, -0.05) is 0 Å². The number of benzene rings is 1. The maximum atomic E-state index is 13.8. The summed E-state index contributed by atoms with van der Waals surface area (Å²) in [5.41, 5.74) is -0.104. The number of nitrogens with zero attached hydrogens (tertiary/aromatic N) is 5. The fourth-order valence-corrected chi connectivity index (χ4v) is 3.18. The topological polar surface area (TPSA) is 52.6 Å². The Morgan fingerprint density at radius 2 is 1.74 bits per heavy atom. The first-order chi connectivity index (χ1) is 13.0. The van der Waals surface area contributed by atoms with Crippen LogP contribution in [-0.4, -0.2) is 60.3 Å². The number of piperazine rings is 1. The maximum Gasteiger partial charge on any atom is 0.256 e. The van der Waals surface area contributed by atoms with Gasteiger partial charge in [0, 0.05) is 45.3 Å². The van der Waals surface area contributed by atoms with E-state index in [4.69, 9.17) is 0 Å². The van der Waals surface area contributed by atoms with Gasteiger partial charge in [-0.15, -0.1) is 10.2 Å². The molecule has 1 amide bonds. The molecule has 0 bridgehead atoms. The molecule has 8 heteroatoms. The van der Waals surface area contributed by atoms with E-state index in [1.807, 2.05) is 17.0 Å². The Morgan fingerprint density at radius 1 is 1.04 bits per heavy atom. The van der Waals surface area contributed by atoms with Crippen LogP contribution in [0.1, 0.15) is 24.2 Å². The molecule has 3 rings (SSSR count). The van der Waals surface area contributed by atoms with E-state index in [0.29, 0.717) is 26.2 Å².